The van der Waals surface area contributed by atoms with Gasteiger partial charge in [-0.25, -0.2) is 4.39 Å². The van der Waals surface area contributed by atoms with Gasteiger partial charge in [0.05, 0.1) is 0 Å². The van der Waals surface area contributed by atoms with E-state index in [0.29, 0.717) is 25.9 Å². The van der Waals surface area contributed by atoms with Gasteiger partial charge < -0.3 is 9.80 Å². The molecule has 1 rings (SSSR count). The van der Waals surface area contributed by atoms with Crippen LogP contribution in [0, 0.1) is 0 Å². The maximum atomic E-state index is 14.0. The molecular weight excluding hydrogens is 171 g/mol. The highest BCUT2D eigenvalue weighted by atomic mass is 19.1. The third-order valence-corrected chi connectivity index (χ3v) is 2.57. The number of likely N-dealkylation sites (tertiary alicyclic amines) is 1. The first-order valence-corrected chi connectivity index (χ1v) is 4.55. The zero-order chi connectivity index (χ0) is 10.1. The van der Waals surface area contributed by atoms with Gasteiger partial charge in [-0.05, 0) is 7.05 Å². The lowest BCUT2D eigenvalue weighted by Gasteiger charge is -2.34. The van der Waals surface area contributed by atoms with Crippen molar-refractivity contribution in [1.82, 2.24) is 9.80 Å². The van der Waals surface area contributed by atoms with Gasteiger partial charge in [0.1, 0.15) is 0 Å². The lowest BCUT2D eigenvalue weighted by Crippen LogP contribution is -2.49. The van der Waals surface area contributed by atoms with E-state index in [2.05, 4.69) is 0 Å². The highest BCUT2D eigenvalue weighted by molar-refractivity contribution is 5.84. The molecule has 1 fully saturated rings. The second-order valence-corrected chi connectivity index (χ2v) is 3.97. The smallest absolute Gasteiger partial charge is 0.259 e. The number of piperidine rings is 1. The number of halogens is 1. The van der Waals surface area contributed by atoms with Gasteiger partial charge in [-0.1, -0.05) is 0 Å². The Morgan fingerprint density at radius 3 is 2.23 bits per heavy atom. The molecule has 0 aromatic rings. The van der Waals surface area contributed by atoms with E-state index < -0.39 is 5.67 Å². The quantitative estimate of drug-likeness (QED) is 0.598. The van der Waals surface area contributed by atoms with E-state index in [9.17, 15) is 9.18 Å². The van der Waals surface area contributed by atoms with E-state index in [0.717, 1.165) is 0 Å². The van der Waals surface area contributed by atoms with Crippen LogP contribution < -0.4 is 0 Å². The molecule has 1 amide bonds. The van der Waals surface area contributed by atoms with Crippen LogP contribution in [0.2, 0.25) is 0 Å². The fourth-order valence-electron chi connectivity index (χ4n) is 1.59. The first-order valence-electron chi connectivity index (χ1n) is 4.55. The van der Waals surface area contributed by atoms with Crippen molar-refractivity contribution in [3.05, 3.63) is 0 Å². The van der Waals surface area contributed by atoms with Crippen molar-refractivity contribution in [1.29, 1.82) is 0 Å². The normalized spacial score (nSPS) is 22.8. The summed E-state index contributed by atoms with van der Waals surface area (Å²) in [6.07, 6.45) is 0.640. The second-order valence-electron chi connectivity index (χ2n) is 3.97. The van der Waals surface area contributed by atoms with Crippen molar-refractivity contribution < 1.29 is 9.18 Å². The van der Waals surface area contributed by atoms with Crippen molar-refractivity contribution in [3.8, 4) is 0 Å². The van der Waals surface area contributed by atoms with Crippen LogP contribution in [0.15, 0.2) is 0 Å². The molecular formula is C9H17FN2O. The number of amides is 1. The molecule has 0 unspecified atom stereocenters. The second kappa shape index (κ2) is 3.62. The monoisotopic (exact) mass is 188 g/mol. The summed E-state index contributed by atoms with van der Waals surface area (Å²) in [7, 11) is 5.14. The molecule has 1 heterocycles. The van der Waals surface area contributed by atoms with Gasteiger partial charge in [-0.3, -0.25) is 4.79 Å². The summed E-state index contributed by atoms with van der Waals surface area (Å²) < 4.78 is 14.0. The minimum atomic E-state index is -1.62. The predicted molar refractivity (Wildman–Crippen MR) is 49.3 cm³/mol. The topological polar surface area (TPSA) is 23.6 Å². The summed E-state index contributed by atoms with van der Waals surface area (Å²) in [4.78, 5) is 14.8. The minimum absolute atomic E-state index is 0.320. The van der Waals surface area contributed by atoms with Gasteiger partial charge in [0.15, 0.2) is 5.67 Å². The molecule has 0 spiro atoms. The van der Waals surface area contributed by atoms with Gasteiger partial charge in [-0.2, -0.15) is 0 Å². The molecule has 76 valence electrons. The molecule has 4 heteroatoms. The Labute approximate surface area is 78.5 Å². The molecule has 0 atom stereocenters. The Bertz CT molecular complexity index is 198. The van der Waals surface area contributed by atoms with Crippen LogP contribution in [-0.2, 0) is 4.79 Å². The molecule has 0 N–H and O–H groups in total. The molecule has 1 aliphatic heterocycles. The molecule has 0 aromatic heterocycles. The molecule has 0 saturated carbocycles. The summed E-state index contributed by atoms with van der Waals surface area (Å²) in [5.41, 5.74) is -1.62. The van der Waals surface area contributed by atoms with Crippen LogP contribution in [0.5, 0.6) is 0 Å². The molecule has 3 nitrogen and oxygen atoms in total. The number of carbonyl (C=O) groups is 1. The maximum absolute atomic E-state index is 14.0. The summed E-state index contributed by atoms with van der Waals surface area (Å²) in [5, 5.41) is 0. The van der Waals surface area contributed by atoms with E-state index in [-0.39, 0.29) is 5.91 Å². The molecule has 13 heavy (non-hydrogen) atoms. The summed E-state index contributed by atoms with van der Waals surface area (Å²) in [6.45, 7) is 1.33. The van der Waals surface area contributed by atoms with E-state index in [1.807, 2.05) is 11.9 Å². The van der Waals surface area contributed by atoms with Crippen LogP contribution in [0.25, 0.3) is 0 Å². The Hall–Kier alpha value is -0.640. The third-order valence-electron chi connectivity index (χ3n) is 2.57. The fraction of sp³-hybridized carbons (Fsp3) is 0.889. The van der Waals surface area contributed by atoms with Gasteiger partial charge >= 0.3 is 0 Å². The molecule has 0 bridgehead atoms. The van der Waals surface area contributed by atoms with Gasteiger partial charge in [-0.15, -0.1) is 0 Å². The zero-order valence-electron chi connectivity index (χ0n) is 8.51. The Kier molecular flexibility index (Phi) is 2.91. The number of rotatable bonds is 1. The maximum Gasteiger partial charge on any atom is 0.259 e. The van der Waals surface area contributed by atoms with Crippen molar-refractivity contribution in [2.75, 3.05) is 34.2 Å². The number of nitrogens with zero attached hydrogens (tertiary/aromatic N) is 2. The predicted octanol–water partition coefficient (Wildman–Crippen LogP) is 0.508. The average molecular weight is 188 g/mol. The Morgan fingerprint density at radius 2 is 1.85 bits per heavy atom. The van der Waals surface area contributed by atoms with E-state index in [1.54, 1.807) is 14.1 Å². The lowest BCUT2D eigenvalue weighted by atomic mass is 9.92. The van der Waals surface area contributed by atoms with Crippen molar-refractivity contribution >= 4 is 5.91 Å². The third kappa shape index (κ3) is 2.18. The highest BCUT2D eigenvalue weighted by Gasteiger charge is 2.41. The molecule has 1 aliphatic rings. The first-order chi connectivity index (χ1) is 5.96. The van der Waals surface area contributed by atoms with Crippen LogP contribution in [-0.4, -0.2) is 55.6 Å². The average Bonchev–Trinajstić information content (AvgIpc) is 2.09. The number of hydrogen-bond donors (Lipinski definition) is 0. The Morgan fingerprint density at radius 1 is 1.38 bits per heavy atom. The summed E-state index contributed by atoms with van der Waals surface area (Å²) >= 11 is 0. The van der Waals surface area contributed by atoms with Crippen LogP contribution in [0.1, 0.15) is 12.8 Å². The van der Waals surface area contributed by atoms with E-state index >= 15 is 0 Å². The van der Waals surface area contributed by atoms with Gasteiger partial charge in [0.25, 0.3) is 5.91 Å². The standard InChI is InChI=1S/C9H17FN2O/c1-11(2)8(13)9(10)4-6-12(3)7-5-9/h4-7H2,1-3H3. The number of carbonyl (C=O) groups excluding carboxylic acids is 1. The lowest BCUT2D eigenvalue weighted by molar-refractivity contribution is -0.144. The molecule has 0 radical (unpaired) electrons. The van der Waals surface area contributed by atoms with Crippen LogP contribution in [0.3, 0.4) is 0 Å². The van der Waals surface area contributed by atoms with Crippen LogP contribution in [0.4, 0.5) is 4.39 Å². The SMILES string of the molecule is CN1CCC(F)(C(=O)N(C)C)CC1. The zero-order valence-corrected chi connectivity index (χ0v) is 8.51. The molecule has 0 aliphatic carbocycles. The van der Waals surface area contributed by atoms with Gasteiger partial charge in [0.2, 0.25) is 0 Å². The highest BCUT2D eigenvalue weighted by Crippen LogP contribution is 2.27. The van der Waals surface area contributed by atoms with E-state index in [4.69, 9.17) is 0 Å². The van der Waals surface area contributed by atoms with Crippen molar-refractivity contribution in [2.45, 2.75) is 18.5 Å². The van der Waals surface area contributed by atoms with Gasteiger partial charge in [0, 0.05) is 40.0 Å². The number of hydrogen-bond acceptors (Lipinski definition) is 2. The molecule has 1 saturated heterocycles. The summed E-state index contributed by atoms with van der Waals surface area (Å²) in [6, 6.07) is 0. The van der Waals surface area contributed by atoms with E-state index in [1.165, 1.54) is 4.90 Å². The summed E-state index contributed by atoms with van der Waals surface area (Å²) in [5.74, 6) is -0.388. The minimum Gasteiger partial charge on any atom is -0.346 e. The first kappa shape index (κ1) is 10.4. The molecule has 0 aromatic carbocycles. The van der Waals surface area contributed by atoms with Crippen LogP contribution >= 0.6 is 0 Å². The fourth-order valence-corrected chi connectivity index (χ4v) is 1.59. The van der Waals surface area contributed by atoms with Crippen molar-refractivity contribution in [3.63, 3.8) is 0 Å². The number of alkyl halides is 1. The van der Waals surface area contributed by atoms with Crippen molar-refractivity contribution in [2.24, 2.45) is 0 Å². The Balaban J connectivity index is 2.61. The largest absolute Gasteiger partial charge is 0.346 e.